The first kappa shape index (κ1) is 11.9. The third kappa shape index (κ3) is 4.05. The molecule has 12 heavy (non-hydrogen) atoms. The van der Waals surface area contributed by atoms with Crippen molar-refractivity contribution in [2.24, 2.45) is 5.92 Å². The van der Waals surface area contributed by atoms with Crippen LogP contribution in [0.15, 0.2) is 0 Å². The molecule has 0 atom stereocenters. The van der Waals surface area contributed by atoms with Gasteiger partial charge in [-0.25, -0.2) is 0 Å². The second kappa shape index (κ2) is 6.41. The maximum Gasteiger partial charge on any atom is 0.0805 e. The highest BCUT2D eigenvalue weighted by Gasteiger charge is 2.10. The lowest BCUT2D eigenvalue weighted by Crippen LogP contribution is -2.34. The van der Waals surface area contributed by atoms with Crippen LogP contribution in [0.3, 0.4) is 0 Å². The summed E-state index contributed by atoms with van der Waals surface area (Å²) in [6.07, 6.45) is 2.37. The van der Waals surface area contributed by atoms with Gasteiger partial charge in [-0.15, -0.1) is 0 Å². The molecule has 0 aromatic heterocycles. The van der Waals surface area contributed by atoms with Crippen molar-refractivity contribution in [3.05, 3.63) is 0 Å². The summed E-state index contributed by atoms with van der Waals surface area (Å²) < 4.78 is 0. The molecule has 0 aliphatic carbocycles. The standard InChI is InChI=1S/C10H21NS/c1-5-7-11(8-6-2)10(12)9(3)4/h9H,5-8H2,1-4H3. The van der Waals surface area contributed by atoms with E-state index in [0.717, 1.165) is 18.1 Å². The van der Waals surface area contributed by atoms with Crippen LogP contribution in [0.1, 0.15) is 40.5 Å². The summed E-state index contributed by atoms with van der Waals surface area (Å²) in [6.45, 7) is 11.0. The third-order valence-corrected chi connectivity index (χ3v) is 2.52. The minimum Gasteiger partial charge on any atom is -0.366 e. The van der Waals surface area contributed by atoms with Crippen LogP contribution in [0.5, 0.6) is 0 Å². The SMILES string of the molecule is CCCN(CCC)C(=S)C(C)C. The third-order valence-electron chi connectivity index (χ3n) is 1.79. The van der Waals surface area contributed by atoms with E-state index in [1.165, 1.54) is 12.8 Å². The molecule has 1 nitrogen and oxygen atoms in total. The van der Waals surface area contributed by atoms with Gasteiger partial charge >= 0.3 is 0 Å². The Balaban J connectivity index is 3.99. The average Bonchev–Trinajstić information content (AvgIpc) is 2.03. The maximum absolute atomic E-state index is 5.36. The number of thiocarbonyl (C=S) groups is 1. The van der Waals surface area contributed by atoms with Gasteiger partial charge in [0.1, 0.15) is 0 Å². The molecule has 0 rings (SSSR count). The predicted molar refractivity (Wildman–Crippen MR) is 59.6 cm³/mol. The fourth-order valence-electron chi connectivity index (χ4n) is 1.24. The molecule has 0 fully saturated rings. The van der Waals surface area contributed by atoms with E-state index in [1.54, 1.807) is 0 Å². The molecule has 0 spiro atoms. The van der Waals surface area contributed by atoms with E-state index < -0.39 is 0 Å². The van der Waals surface area contributed by atoms with E-state index in [9.17, 15) is 0 Å². The monoisotopic (exact) mass is 187 g/mol. The Morgan fingerprint density at radius 1 is 1.17 bits per heavy atom. The Morgan fingerprint density at radius 2 is 1.58 bits per heavy atom. The average molecular weight is 187 g/mol. The van der Waals surface area contributed by atoms with Crippen molar-refractivity contribution in [1.82, 2.24) is 4.90 Å². The number of hydrogen-bond donors (Lipinski definition) is 0. The second-order valence-electron chi connectivity index (χ2n) is 3.48. The highest BCUT2D eigenvalue weighted by atomic mass is 32.1. The smallest absolute Gasteiger partial charge is 0.0805 e. The predicted octanol–water partition coefficient (Wildman–Crippen LogP) is 3.09. The first-order valence-corrected chi connectivity index (χ1v) is 5.33. The van der Waals surface area contributed by atoms with Gasteiger partial charge in [0.05, 0.1) is 4.99 Å². The Labute approximate surface area is 82.1 Å². The van der Waals surface area contributed by atoms with Crippen molar-refractivity contribution in [3.63, 3.8) is 0 Å². The molecule has 72 valence electrons. The summed E-state index contributed by atoms with van der Waals surface area (Å²) in [7, 11) is 0. The maximum atomic E-state index is 5.36. The zero-order chi connectivity index (χ0) is 9.56. The van der Waals surface area contributed by atoms with Crippen molar-refractivity contribution in [3.8, 4) is 0 Å². The summed E-state index contributed by atoms with van der Waals surface area (Å²) >= 11 is 5.36. The molecule has 0 radical (unpaired) electrons. The van der Waals surface area contributed by atoms with Crippen LogP contribution in [0, 0.1) is 5.92 Å². The van der Waals surface area contributed by atoms with Crippen LogP contribution in [0.2, 0.25) is 0 Å². The zero-order valence-electron chi connectivity index (χ0n) is 8.76. The van der Waals surface area contributed by atoms with Crippen molar-refractivity contribution in [1.29, 1.82) is 0 Å². The molecule has 0 aromatic carbocycles. The summed E-state index contributed by atoms with van der Waals surface area (Å²) in [5, 5.41) is 0. The topological polar surface area (TPSA) is 3.24 Å². The summed E-state index contributed by atoms with van der Waals surface area (Å²) in [4.78, 5) is 3.46. The van der Waals surface area contributed by atoms with Crippen molar-refractivity contribution >= 4 is 17.2 Å². The van der Waals surface area contributed by atoms with E-state index in [2.05, 4.69) is 32.6 Å². The fourth-order valence-corrected chi connectivity index (χ4v) is 1.42. The molecule has 0 aliphatic rings. The highest BCUT2D eigenvalue weighted by Crippen LogP contribution is 2.05. The van der Waals surface area contributed by atoms with Crippen LogP contribution in [0.4, 0.5) is 0 Å². The number of rotatable bonds is 5. The quantitative estimate of drug-likeness (QED) is 0.608. The molecule has 0 saturated heterocycles. The lowest BCUT2D eigenvalue weighted by atomic mass is 10.2. The summed E-state index contributed by atoms with van der Waals surface area (Å²) in [5.41, 5.74) is 0. The lowest BCUT2D eigenvalue weighted by Gasteiger charge is -2.26. The van der Waals surface area contributed by atoms with Crippen LogP contribution < -0.4 is 0 Å². The molecular formula is C10H21NS. The lowest BCUT2D eigenvalue weighted by molar-refractivity contribution is 0.406. The van der Waals surface area contributed by atoms with Gasteiger partial charge in [0, 0.05) is 19.0 Å². The molecule has 2 heteroatoms. The summed E-state index contributed by atoms with van der Waals surface area (Å²) in [6, 6.07) is 0. The van der Waals surface area contributed by atoms with Crippen molar-refractivity contribution in [2.75, 3.05) is 13.1 Å². The minimum atomic E-state index is 0.512. The Kier molecular flexibility index (Phi) is 6.35. The van der Waals surface area contributed by atoms with E-state index in [4.69, 9.17) is 12.2 Å². The molecule has 0 saturated carbocycles. The van der Waals surface area contributed by atoms with Gasteiger partial charge in [-0.2, -0.15) is 0 Å². The fraction of sp³-hybridized carbons (Fsp3) is 0.900. The Morgan fingerprint density at radius 3 is 1.83 bits per heavy atom. The molecule has 0 amide bonds. The van der Waals surface area contributed by atoms with E-state index in [1.807, 2.05) is 0 Å². The molecule has 0 N–H and O–H groups in total. The minimum absolute atomic E-state index is 0.512. The van der Waals surface area contributed by atoms with Crippen LogP contribution in [-0.2, 0) is 0 Å². The van der Waals surface area contributed by atoms with Crippen LogP contribution in [-0.4, -0.2) is 23.0 Å². The molecule has 0 heterocycles. The summed E-state index contributed by atoms with van der Waals surface area (Å²) in [5.74, 6) is 0.512. The van der Waals surface area contributed by atoms with E-state index in [0.29, 0.717) is 5.92 Å². The van der Waals surface area contributed by atoms with E-state index in [-0.39, 0.29) is 0 Å². The van der Waals surface area contributed by atoms with Gasteiger partial charge < -0.3 is 4.90 Å². The first-order chi connectivity index (χ1) is 5.63. The van der Waals surface area contributed by atoms with Crippen molar-refractivity contribution in [2.45, 2.75) is 40.5 Å². The van der Waals surface area contributed by atoms with Crippen LogP contribution in [0.25, 0.3) is 0 Å². The molecular weight excluding hydrogens is 166 g/mol. The first-order valence-electron chi connectivity index (χ1n) is 4.92. The van der Waals surface area contributed by atoms with Crippen LogP contribution >= 0.6 is 12.2 Å². The molecule has 0 aromatic rings. The normalized spacial score (nSPS) is 10.4. The van der Waals surface area contributed by atoms with E-state index >= 15 is 0 Å². The van der Waals surface area contributed by atoms with Crippen molar-refractivity contribution < 1.29 is 0 Å². The van der Waals surface area contributed by atoms with Gasteiger partial charge in [0.2, 0.25) is 0 Å². The Hall–Kier alpha value is -0.110. The van der Waals surface area contributed by atoms with Gasteiger partial charge in [0.15, 0.2) is 0 Å². The van der Waals surface area contributed by atoms with Gasteiger partial charge in [0.25, 0.3) is 0 Å². The largest absolute Gasteiger partial charge is 0.366 e. The van der Waals surface area contributed by atoms with Gasteiger partial charge in [-0.05, 0) is 12.8 Å². The molecule has 0 bridgehead atoms. The molecule has 0 unspecified atom stereocenters. The number of nitrogens with zero attached hydrogens (tertiary/aromatic N) is 1. The van der Waals surface area contributed by atoms with Gasteiger partial charge in [-0.3, -0.25) is 0 Å². The zero-order valence-corrected chi connectivity index (χ0v) is 9.58. The van der Waals surface area contributed by atoms with Gasteiger partial charge in [-0.1, -0.05) is 39.9 Å². The second-order valence-corrected chi connectivity index (χ2v) is 3.90. The highest BCUT2D eigenvalue weighted by molar-refractivity contribution is 7.80. The number of hydrogen-bond acceptors (Lipinski definition) is 1. The Bertz CT molecular complexity index is 126. The molecule has 0 aliphatic heterocycles.